The van der Waals surface area contributed by atoms with Crippen molar-refractivity contribution in [1.82, 2.24) is 9.97 Å². The van der Waals surface area contributed by atoms with E-state index in [4.69, 9.17) is 10.00 Å². The first-order valence-corrected chi connectivity index (χ1v) is 13.1. The average molecular weight is 451 g/mol. The lowest BCUT2D eigenvalue weighted by molar-refractivity contribution is -0.127. The summed E-state index contributed by atoms with van der Waals surface area (Å²) in [6, 6.07) is 3.58. The number of nitriles is 1. The maximum atomic E-state index is 13.3. The fourth-order valence-corrected chi connectivity index (χ4v) is 8.52. The number of carbonyl (C=O) groups is 1. The van der Waals surface area contributed by atoms with Crippen molar-refractivity contribution in [2.75, 3.05) is 18.5 Å². The molecule has 8 unspecified atom stereocenters. The lowest BCUT2D eigenvalue weighted by Gasteiger charge is -2.56. The van der Waals surface area contributed by atoms with Gasteiger partial charge in [-0.15, -0.1) is 0 Å². The Kier molecular flexibility index (Phi) is 6.44. The Hall–Kier alpha value is -2.00. The van der Waals surface area contributed by atoms with E-state index in [1.807, 2.05) is 6.07 Å². The number of anilines is 1. The second kappa shape index (κ2) is 9.33. The van der Waals surface area contributed by atoms with Crippen molar-refractivity contribution >= 4 is 11.7 Å². The van der Waals surface area contributed by atoms with E-state index in [9.17, 15) is 4.79 Å². The Labute approximate surface area is 197 Å². The molecule has 6 heteroatoms. The highest BCUT2D eigenvalue weighted by atomic mass is 16.5. The van der Waals surface area contributed by atoms with Crippen LogP contribution in [0, 0.1) is 58.2 Å². The molecule has 1 aromatic rings. The summed E-state index contributed by atoms with van der Waals surface area (Å²) < 4.78 is 5.76. The van der Waals surface area contributed by atoms with Crippen LogP contribution in [-0.2, 0) is 9.53 Å². The van der Waals surface area contributed by atoms with Crippen LogP contribution in [0.2, 0.25) is 0 Å². The van der Waals surface area contributed by atoms with Crippen LogP contribution in [0.15, 0.2) is 12.4 Å². The molecule has 0 aliphatic heterocycles. The fourth-order valence-electron chi connectivity index (χ4n) is 8.52. The molecule has 1 heterocycles. The predicted molar refractivity (Wildman–Crippen MR) is 126 cm³/mol. The van der Waals surface area contributed by atoms with Gasteiger partial charge in [-0.1, -0.05) is 6.92 Å². The third-order valence-corrected chi connectivity index (χ3v) is 9.97. The maximum absolute atomic E-state index is 13.3. The molecule has 0 bridgehead atoms. The zero-order valence-electron chi connectivity index (χ0n) is 20.1. The number of hydrogen-bond acceptors (Lipinski definition) is 5. The molecule has 0 saturated heterocycles. The van der Waals surface area contributed by atoms with E-state index in [2.05, 4.69) is 29.1 Å². The van der Waals surface area contributed by atoms with Crippen molar-refractivity contribution in [2.45, 2.75) is 71.6 Å². The highest BCUT2D eigenvalue weighted by molar-refractivity contribution is 5.92. The van der Waals surface area contributed by atoms with Crippen LogP contribution in [0.25, 0.3) is 0 Å². The first-order chi connectivity index (χ1) is 16.0. The summed E-state index contributed by atoms with van der Waals surface area (Å²) in [7, 11) is 0. The zero-order chi connectivity index (χ0) is 23.0. The molecule has 0 radical (unpaired) electrons. The molecule has 0 aromatic carbocycles. The van der Waals surface area contributed by atoms with E-state index in [-0.39, 0.29) is 22.9 Å². The van der Waals surface area contributed by atoms with Crippen molar-refractivity contribution in [3.8, 4) is 6.07 Å². The summed E-state index contributed by atoms with van der Waals surface area (Å²) in [5, 5.41) is 12.1. The van der Waals surface area contributed by atoms with Gasteiger partial charge in [-0.2, -0.15) is 5.26 Å². The second-order valence-corrected chi connectivity index (χ2v) is 11.3. The summed E-state index contributed by atoms with van der Waals surface area (Å²) in [5.41, 5.74) is 0.360. The van der Waals surface area contributed by atoms with Crippen molar-refractivity contribution in [3.63, 3.8) is 0 Å². The molecule has 4 aliphatic rings. The third-order valence-electron chi connectivity index (χ3n) is 9.97. The van der Waals surface area contributed by atoms with Gasteiger partial charge in [0, 0.05) is 25.2 Å². The second-order valence-electron chi connectivity index (χ2n) is 11.3. The van der Waals surface area contributed by atoms with E-state index in [1.165, 1.54) is 51.3 Å². The van der Waals surface area contributed by atoms with Crippen molar-refractivity contribution < 1.29 is 9.53 Å². The highest BCUT2D eigenvalue weighted by Crippen LogP contribution is 2.64. The van der Waals surface area contributed by atoms with Crippen LogP contribution in [0.1, 0.15) is 77.3 Å². The van der Waals surface area contributed by atoms with Gasteiger partial charge in [-0.3, -0.25) is 4.79 Å². The molecule has 4 saturated carbocycles. The van der Waals surface area contributed by atoms with Gasteiger partial charge in [0.15, 0.2) is 0 Å². The lowest BCUT2D eigenvalue weighted by Crippen LogP contribution is -2.50. The Balaban J connectivity index is 1.26. The van der Waals surface area contributed by atoms with Gasteiger partial charge in [0.1, 0.15) is 23.9 Å². The number of ether oxygens (including phenoxy) is 1. The molecule has 4 aliphatic carbocycles. The number of nitrogens with one attached hydrogen (secondary N) is 1. The van der Waals surface area contributed by atoms with Gasteiger partial charge in [-0.25, -0.2) is 9.97 Å². The number of aromatic nitrogens is 2. The van der Waals surface area contributed by atoms with Crippen LogP contribution in [0.4, 0.5) is 5.82 Å². The van der Waals surface area contributed by atoms with Gasteiger partial charge >= 0.3 is 0 Å². The topological polar surface area (TPSA) is 87.9 Å². The van der Waals surface area contributed by atoms with Gasteiger partial charge < -0.3 is 10.1 Å². The number of amides is 1. The molecule has 6 nitrogen and oxygen atoms in total. The summed E-state index contributed by atoms with van der Waals surface area (Å²) in [4.78, 5) is 21.4. The Morgan fingerprint density at radius 1 is 1.15 bits per heavy atom. The molecule has 178 valence electrons. The Morgan fingerprint density at radius 3 is 2.82 bits per heavy atom. The Morgan fingerprint density at radius 2 is 2.00 bits per heavy atom. The standard InChI is InChI=1S/C27H38N4O2/c1-3-33-15-17-4-6-20-18(12-17)5-7-22-21(20)10-11-27(2)23(22)8-9-24(27)26(32)31-25-13-19(14-28)29-16-30-25/h13,16-18,20-24H,3-12,15H2,1-2H3,(H,29,30,31,32). The van der Waals surface area contributed by atoms with Crippen LogP contribution in [-0.4, -0.2) is 29.1 Å². The molecule has 1 N–H and O–H groups in total. The first kappa shape index (κ1) is 22.8. The number of carbonyl (C=O) groups excluding carboxylic acids is 1. The van der Waals surface area contributed by atoms with E-state index in [1.54, 1.807) is 6.07 Å². The summed E-state index contributed by atoms with van der Waals surface area (Å²) in [6.45, 7) is 6.27. The van der Waals surface area contributed by atoms with Gasteiger partial charge in [0.2, 0.25) is 5.91 Å². The number of nitrogens with zero attached hydrogens (tertiary/aromatic N) is 3. The van der Waals surface area contributed by atoms with Crippen molar-refractivity contribution in [3.05, 3.63) is 18.1 Å². The van der Waals surface area contributed by atoms with E-state index < -0.39 is 0 Å². The molecule has 1 aromatic heterocycles. The highest BCUT2D eigenvalue weighted by Gasteiger charge is 2.58. The van der Waals surface area contributed by atoms with E-state index >= 15 is 0 Å². The van der Waals surface area contributed by atoms with E-state index in [0.29, 0.717) is 11.7 Å². The van der Waals surface area contributed by atoms with Gasteiger partial charge in [0.05, 0.1) is 0 Å². The minimum absolute atomic E-state index is 0.0311. The minimum Gasteiger partial charge on any atom is -0.381 e. The predicted octanol–water partition coefficient (Wildman–Crippen LogP) is 5.21. The monoisotopic (exact) mass is 450 g/mol. The van der Waals surface area contributed by atoms with Crippen LogP contribution in [0.3, 0.4) is 0 Å². The quantitative estimate of drug-likeness (QED) is 0.665. The zero-order valence-corrected chi connectivity index (χ0v) is 20.1. The lowest BCUT2D eigenvalue weighted by atomic mass is 9.49. The molecule has 1 amide bonds. The Bertz CT molecular complexity index is 914. The fraction of sp³-hybridized carbons (Fsp3) is 0.778. The number of hydrogen-bond donors (Lipinski definition) is 1. The smallest absolute Gasteiger partial charge is 0.229 e. The largest absolute Gasteiger partial charge is 0.381 e. The van der Waals surface area contributed by atoms with Crippen LogP contribution < -0.4 is 5.32 Å². The average Bonchev–Trinajstić information content (AvgIpc) is 3.19. The van der Waals surface area contributed by atoms with E-state index in [0.717, 1.165) is 55.6 Å². The SMILES string of the molecule is CCOCC1CCC2C(CCC3C2CCC2(C)C(C(=O)Nc4cc(C#N)ncn4)CCC32)C1. The summed E-state index contributed by atoms with van der Waals surface area (Å²) in [5.74, 6) is 5.40. The van der Waals surface area contributed by atoms with Gasteiger partial charge in [-0.05, 0) is 106 Å². The molecule has 33 heavy (non-hydrogen) atoms. The third kappa shape index (κ3) is 4.18. The number of fused-ring (bicyclic) bond motifs is 5. The summed E-state index contributed by atoms with van der Waals surface area (Å²) >= 11 is 0. The van der Waals surface area contributed by atoms with Crippen molar-refractivity contribution in [1.29, 1.82) is 5.26 Å². The minimum atomic E-state index is 0.0311. The van der Waals surface area contributed by atoms with Crippen LogP contribution in [0.5, 0.6) is 0 Å². The van der Waals surface area contributed by atoms with Gasteiger partial charge in [0.25, 0.3) is 0 Å². The first-order valence-electron chi connectivity index (χ1n) is 13.1. The molecule has 8 atom stereocenters. The van der Waals surface area contributed by atoms with Crippen LogP contribution >= 0.6 is 0 Å². The van der Waals surface area contributed by atoms with Crippen molar-refractivity contribution in [2.24, 2.45) is 46.8 Å². The molecular formula is C27H38N4O2. The normalized spacial score (nSPS) is 39.6. The molecular weight excluding hydrogens is 412 g/mol. The molecule has 5 rings (SSSR count). The number of rotatable bonds is 5. The molecule has 4 fully saturated rings. The summed E-state index contributed by atoms with van der Waals surface area (Å²) in [6.07, 6.45) is 12.7. The molecule has 0 spiro atoms. The maximum Gasteiger partial charge on any atom is 0.229 e.